The number of benzene rings is 1. The zero-order chi connectivity index (χ0) is 18.0. The number of hydroxylamine groups is 1. The van der Waals surface area contributed by atoms with Gasteiger partial charge in [-0.05, 0) is 37.9 Å². The molecule has 0 aliphatic heterocycles. The highest BCUT2D eigenvalue weighted by molar-refractivity contribution is 7.97. The number of anilines is 3. The third-order valence-corrected chi connectivity index (χ3v) is 4.59. The smallest absolute Gasteiger partial charge is 0.253 e. The Hall–Kier alpha value is -1.74. The molecule has 7 nitrogen and oxygen atoms in total. The van der Waals surface area contributed by atoms with Crippen molar-refractivity contribution in [1.82, 2.24) is 4.47 Å². The molecule has 0 fully saturated rings. The highest BCUT2D eigenvalue weighted by Crippen LogP contribution is 2.42. The van der Waals surface area contributed by atoms with Gasteiger partial charge in [-0.2, -0.15) is 0 Å². The van der Waals surface area contributed by atoms with E-state index < -0.39 is 10.9 Å². The lowest BCUT2D eigenvalue weighted by Gasteiger charge is -2.19. The molecular formula is C15H18ClN3O4S. The number of phenolic OH excluding ortho intramolecular Hbond substituents is 1. The maximum absolute atomic E-state index is 11.8. The Bertz CT molecular complexity index is 818. The molecule has 0 aromatic heterocycles. The molecule has 0 aliphatic carbocycles. The Morgan fingerprint density at radius 3 is 2.46 bits per heavy atom. The van der Waals surface area contributed by atoms with Gasteiger partial charge in [0, 0.05) is 13.1 Å². The largest absolute Gasteiger partial charge is 0.505 e. The first-order chi connectivity index (χ1) is 11.3. The molecule has 130 valence electrons. The van der Waals surface area contributed by atoms with E-state index in [9.17, 15) is 14.7 Å². The van der Waals surface area contributed by atoms with Crippen molar-refractivity contribution in [3.8, 4) is 5.75 Å². The van der Waals surface area contributed by atoms with Crippen LogP contribution in [-0.2, 0) is 4.84 Å². The van der Waals surface area contributed by atoms with E-state index >= 15 is 0 Å². The van der Waals surface area contributed by atoms with Crippen LogP contribution in [0.3, 0.4) is 0 Å². The van der Waals surface area contributed by atoms with Crippen LogP contribution in [0, 0.1) is 0 Å². The fourth-order valence-corrected chi connectivity index (χ4v) is 2.91. The molecule has 0 spiro atoms. The molecule has 0 atom stereocenters. The van der Waals surface area contributed by atoms with Crippen LogP contribution in [-0.4, -0.2) is 29.8 Å². The van der Waals surface area contributed by atoms with Crippen molar-refractivity contribution >= 4 is 40.6 Å². The third-order valence-electron chi connectivity index (χ3n) is 3.16. The number of aromatic hydroxyl groups is 1. The van der Waals surface area contributed by atoms with Gasteiger partial charge in [-0.15, -0.1) is 4.47 Å². The van der Waals surface area contributed by atoms with E-state index in [1.54, 1.807) is 13.1 Å². The van der Waals surface area contributed by atoms with Crippen LogP contribution in [0.25, 0.3) is 0 Å². The first-order valence-electron chi connectivity index (χ1n) is 7.10. The lowest BCUT2D eigenvalue weighted by Crippen LogP contribution is -2.38. The molecule has 0 unspecified atom stereocenters. The van der Waals surface area contributed by atoms with Crippen molar-refractivity contribution < 1.29 is 9.94 Å². The number of halogens is 1. The maximum atomic E-state index is 11.8. The van der Waals surface area contributed by atoms with E-state index in [-0.39, 0.29) is 28.9 Å². The fourth-order valence-electron chi connectivity index (χ4n) is 1.97. The summed E-state index contributed by atoms with van der Waals surface area (Å²) >= 11 is 7.18. The standard InChI is InChI=1S/C15H18ClN3O4S/c1-7(2)17-10-11(14(22)13(10)21)18-9-6-5-8(16)15(12(9)20)24-19(3)23-4/h5-7,17-18,20H,1-4H3. The molecule has 2 aromatic rings. The molecule has 2 rings (SSSR count). The van der Waals surface area contributed by atoms with Crippen molar-refractivity contribution in [2.75, 3.05) is 24.8 Å². The van der Waals surface area contributed by atoms with Gasteiger partial charge in [-0.1, -0.05) is 11.6 Å². The molecule has 0 radical (unpaired) electrons. The van der Waals surface area contributed by atoms with Crippen molar-refractivity contribution in [2.24, 2.45) is 0 Å². The van der Waals surface area contributed by atoms with Gasteiger partial charge in [0.1, 0.15) is 11.4 Å². The van der Waals surface area contributed by atoms with Crippen molar-refractivity contribution in [3.05, 3.63) is 37.6 Å². The fraction of sp³-hybridized carbons (Fsp3) is 0.333. The van der Waals surface area contributed by atoms with Gasteiger partial charge in [-0.3, -0.25) is 14.4 Å². The van der Waals surface area contributed by atoms with Gasteiger partial charge in [-0.25, -0.2) is 0 Å². The van der Waals surface area contributed by atoms with E-state index in [4.69, 9.17) is 16.4 Å². The second-order valence-electron chi connectivity index (χ2n) is 5.32. The molecule has 0 amide bonds. The topological polar surface area (TPSA) is 90.9 Å². The van der Waals surface area contributed by atoms with Crippen molar-refractivity contribution in [1.29, 1.82) is 0 Å². The van der Waals surface area contributed by atoms with Gasteiger partial charge in [0.2, 0.25) is 0 Å². The van der Waals surface area contributed by atoms with Gasteiger partial charge < -0.3 is 15.7 Å². The molecule has 3 N–H and O–H groups in total. The summed E-state index contributed by atoms with van der Waals surface area (Å²) in [4.78, 5) is 28.8. The van der Waals surface area contributed by atoms with Crippen LogP contribution in [0.2, 0.25) is 5.02 Å². The normalized spacial score (nSPS) is 11.5. The minimum absolute atomic E-state index is 0.00543. The average Bonchev–Trinajstić information content (AvgIpc) is 2.55. The predicted octanol–water partition coefficient (Wildman–Crippen LogP) is 2.71. The van der Waals surface area contributed by atoms with Crippen LogP contribution < -0.4 is 21.5 Å². The summed E-state index contributed by atoms with van der Waals surface area (Å²) < 4.78 is 1.41. The Kier molecular flexibility index (Phi) is 5.76. The summed E-state index contributed by atoms with van der Waals surface area (Å²) in [5.41, 5.74) is -0.593. The predicted molar refractivity (Wildman–Crippen MR) is 97.1 cm³/mol. The van der Waals surface area contributed by atoms with Gasteiger partial charge >= 0.3 is 0 Å². The Morgan fingerprint density at radius 1 is 1.25 bits per heavy atom. The summed E-state index contributed by atoms with van der Waals surface area (Å²) in [5.74, 6) is -0.139. The monoisotopic (exact) mass is 371 g/mol. The highest BCUT2D eigenvalue weighted by Gasteiger charge is 2.23. The molecule has 0 saturated heterocycles. The third kappa shape index (κ3) is 3.67. The van der Waals surface area contributed by atoms with E-state index in [1.807, 2.05) is 13.8 Å². The lowest BCUT2D eigenvalue weighted by atomic mass is 10.1. The summed E-state index contributed by atoms with van der Waals surface area (Å²) in [6, 6.07) is 3.11. The van der Waals surface area contributed by atoms with Gasteiger partial charge in [0.25, 0.3) is 10.9 Å². The first-order valence-corrected chi connectivity index (χ1v) is 8.25. The van der Waals surface area contributed by atoms with E-state index in [0.717, 1.165) is 11.9 Å². The Balaban J connectivity index is 2.35. The lowest BCUT2D eigenvalue weighted by molar-refractivity contribution is -0.0146. The zero-order valence-electron chi connectivity index (χ0n) is 13.6. The second kappa shape index (κ2) is 7.43. The number of hydrogen-bond donors (Lipinski definition) is 3. The molecule has 0 bridgehead atoms. The van der Waals surface area contributed by atoms with E-state index in [0.29, 0.717) is 9.92 Å². The Morgan fingerprint density at radius 2 is 1.88 bits per heavy atom. The summed E-state index contributed by atoms with van der Waals surface area (Å²) in [6.07, 6.45) is 0. The number of rotatable bonds is 7. The highest BCUT2D eigenvalue weighted by atomic mass is 35.5. The van der Waals surface area contributed by atoms with Crippen molar-refractivity contribution in [3.63, 3.8) is 0 Å². The van der Waals surface area contributed by atoms with Crippen LogP contribution >= 0.6 is 23.5 Å². The number of nitrogens with one attached hydrogen (secondary N) is 2. The first kappa shape index (κ1) is 18.6. The molecule has 0 aliphatic rings. The molecule has 2 aromatic carbocycles. The van der Waals surface area contributed by atoms with Gasteiger partial charge in [0.05, 0.1) is 22.7 Å². The van der Waals surface area contributed by atoms with Crippen LogP contribution in [0.5, 0.6) is 5.75 Å². The van der Waals surface area contributed by atoms with Gasteiger partial charge in [0.15, 0.2) is 5.75 Å². The number of phenols is 1. The molecule has 0 saturated carbocycles. The quantitative estimate of drug-likeness (QED) is 0.296. The molecular weight excluding hydrogens is 354 g/mol. The number of nitrogens with zero attached hydrogens (tertiary/aromatic N) is 1. The average molecular weight is 372 g/mol. The number of hydrogen-bond acceptors (Lipinski definition) is 8. The van der Waals surface area contributed by atoms with Crippen LogP contribution in [0.1, 0.15) is 13.8 Å². The minimum atomic E-state index is -0.629. The Labute approximate surface area is 148 Å². The second-order valence-corrected chi connectivity index (χ2v) is 6.83. The minimum Gasteiger partial charge on any atom is -0.505 e. The molecule has 0 heterocycles. The molecule has 9 heteroatoms. The summed E-state index contributed by atoms with van der Waals surface area (Å²) in [6.45, 7) is 3.71. The van der Waals surface area contributed by atoms with E-state index in [1.165, 1.54) is 17.6 Å². The summed E-state index contributed by atoms with van der Waals surface area (Å²) in [7, 11) is 3.13. The maximum Gasteiger partial charge on any atom is 0.253 e. The van der Waals surface area contributed by atoms with Crippen molar-refractivity contribution in [2.45, 2.75) is 24.8 Å². The molecule has 24 heavy (non-hydrogen) atoms. The van der Waals surface area contributed by atoms with Crippen LogP contribution in [0.4, 0.5) is 17.1 Å². The summed E-state index contributed by atoms with van der Waals surface area (Å²) in [5, 5.41) is 16.5. The SMILES string of the molecule is CON(C)Sc1c(Cl)ccc(Nc2c(NC(C)C)c(=O)c2=O)c1O. The zero-order valence-corrected chi connectivity index (χ0v) is 15.2. The van der Waals surface area contributed by atoms with Crippen LogP contribution in [0.15, 0.2) is 26.6 Å². The van der Waals surface area contributed by atoms with E-state index in [2.05, 4.69) is 10.6 Å².